The molecule has 2 heteroatoms. The fraction of sp³-hybridized carbons (Fsp3) is 0.571. The molecule has 1 aromatic rings. The van der Waals surface area contributed by atoms with Crippen LogP contribution in [-0.4, -0.2) is 19.3 Å². The van der Waals surface area contributed by atoms with Gasteiger partial charge in [0, 0.05) is 5.25 Å². The molecule has 1 aliphatic carbocycles. The second-order valence-electron chi connectivity index (χ2n) is 5.05. The van der Waals surface area contributed by atoms with Gasteiger partial charge in [-0.3, -0.25) is 0 Å². The van der Waals surface area contributed by atoms with Crippen LogP contribution in [0, 0.1) is 0 Å². The lowest BCUT2D eigenvalue weighted by molar-refractivity contribution is 0.305. The Balaban J connectivity index is 2.04. The van der Waals surface area contributed by atoms with Crippen LogP contribution in [0.3, 0.4) is 0 Å². The first-order valence-corrected chi connectivity index (χ1v) is 7.47. The van der Waals surface area contributed by atoms with E-state index >= 15 is 0 Å². The second-order valence-corrected chi connectivity index (χ2v) is 6.09. The summed E-state index contributed by atoms with van der Waals surface area (Å²) in [6.45, 7) is 2.38. The van der Waals surface area contributed by atoms with Gasteiger partial charge >= 0.3 is 0 Å². The summed E-state index contributed by atoms with van der Waals surface area (Å²) in [5.41, 5.74) is 3.75. The molecule has 86 valence electrons. The van der Waals surface area contributed by atoms with Crippen molar-refractivity contribution in [1.82, 2.24) is 5.32 Å². The summed E-state index contributed by atoms with van der Waals surface area (Å²) in [5.74, 6) is 0. The summed E-state index contributed by atoms with van der Waals surface area (Å²) < 4.78 is 0. The Morgan fingerprint density at radius 1 is 1.25 bits per heavy atom. The highest BCUT2D eigenvalue weighted by atomic mass is 32.2. The van der Waals surface area contributed by atoms with Gasteiger partial charge in [0.1, 0.15) is 0 Å². The van der Waals surface area contributed by atoms with Gasteiger partial charge in [-0.05, 0) is 55.1 Å². The van der Waals surface area contributed by atoms with Gasteiger partial charge in [0.2, 0.25) is 0 Å². The smallest absolute Gasteiger partial charge is 0.0305 e. The van der Waals surface area contributed by atoms with Crippen molar-refractivity contribution in [3.63, 3.8) is 0 Å². The number of hydrogen-bond donors (Lipinski definition) is 1. The Kier molecular flexibility index (Phi) is 2.72. The third-order valence-electron chi connectivity index (χ3n) is 4.30. The highest BCUT2D eigenvalue weighted by Gasteiger charge is 2.43. The Labute approximate surface area is 102 Å². The van der Waals surface area contributed by atoms with Crippen LogP contribution in [0.5, 0.6) is 0 Å². The molecular weight excluding hydrogens is 214 g/mol. The second kappa shape index (κ2) is 4.08. The van der Waals surface area contributed by atoms with Crippen LogP contribution < -0.4 is 5.32 Å². The first kappa shape index (κ1) is 10.7. The van der Waals surface area contributed by atoms with E-state index in [-0.39, 0.29) is 0 Å². The lowest BCUT2D eigenvalue weighted by Crippen LogP contribution is -2.38. The molecule has 1 saturated heterocycles. The van der Waals surface area contributed by atoms with Gasteiger partial charge in [0.15, 0.2) is 0 Å². The minimum absolute atomic E-state index is 0.496. The highest BCUT2D eigenvalue weighted by Crippen LogP contribution is 2.53. The third kappa shape index (κ3) is 1.51. The van der Waals surface area contributed by atoms with Gasteiger partial charge in [-0.25, -0.2) is 0 Å². The number of thioether (sulfide) groups is 1. The number of nitrogens with one attached hydrogen (secondary N) is 1. The van der Waals surface area contributed by atoms with Crippen molar-refractivity contribution in [3.8, 4) is 0 Å². The minimum Gasteiger partial charge on any atom is -0.317 e. The molecular formula is C14H19NS. The van der Waals surface area contributed by atoms with E-state index < -0.39 is 0 Å². The summed E-state index contributed by atoms with van der Waals surface area (Å²) in [5, 5.41) is 4.22. The van der Waals surface area contributed by atoms with Gasteiger partial charge in [0.05, 0.1) is 0 Å². The monoisotopic (exact) mass is 233 g/mol. The highest BCUT2D eigenvalue weighted by molar-refractivity contribution is 7.98. The number of benzene rings is 1. The van der Waals surface area contributed by atoms with Crippen molar-refractivity contribution in [1.29, 1.82) is 0 Å². The molecule has 1 N–H and O–H groups in total. The van der Waals surface area contributed by atoms with Gasteiger partial charge in [-0.1, -0.05) is 24.3 Å². The third-order valence-corrected chi connectivity index (χ3v) is 5.29. The quantitative estimate of drug-likeness (QED) is 0.800. The largest absolute Gasteiger partial charge is 0.317 e. The SMILES string of the molecule is CSC1CC2(CCNCC2)c2ccccc21. The van der Waals surface area contributed by atoms with Crippen molar-refractivity contribution in [2.24, 2.45) is 0 Å². The van der Waals surface area contributed by atoms with E-state index in [1.54, 1.807) is 11.1 Å². The van der Waals surface area contributed by atoms with E-state index in [0.717, 1.165) is 5.25 Å². The molecule has 3 rings (SSSR count). The minimum atomic E-state index is 0.496. The Hall–Kier alpha value is -0.470. The summed E-state index contributed by atoms with van der Waals surface area (Å²) in [7, 11) is 0. The van der Waals surface area contributed by atoms with Gasteiger partial charge in [-0.15, -0.1) is 0 Å². The summed E-state index contributed by atoms with van der Waals surface area (Å²) in [6.07, 6.45) is 6.25. The molecule has 1 aromatic carbocycles. The summed E-state index contributed by atoms with van der Waals surface area (Å²) >= 11 is 2.02. The van der Waals surface area contributed by atoms with E-state index in [1.165, 1.54) is 32.4 Å². The molecule has 0 aromatic heterocycles. The Morgan fingerprint density at radius 2 is 2.00 bits per heavy atom. The lowest BCUT2D eigenvalue weighted by Gasteiger charge is -2.35. The molecule has 2 aliphatic rings. The lowest BCUT2D eigenvalue weighted by atomic mass is 9.74. The zero-order valence-electron chi connectivity index (χ0n) is 9.83. The molecule has 0 bridgehead atoms. The molecule has 1 nitrogen and oxygen atoms in total. The first-order chi connectivity index (χ1) is 7.86. The van der Waals surface area contributed by atoms with Crippen LogP contribution in [-0.2, 0) is 5.41 Å². The van der Waals surface area contributed by atoms with Crippen LogP contribution in [0.2, 0.25) is 0 Å². The van der Waals surface area contributed by atoms with E-state index in [2.05, 4.69) is 35.8 Å². The predicted molar refractivity (Wildman–Crippen MR) is 71.1 cm³/mol. The molecule has 1 atom stereocenters. The van der Waals surface area contributed by atoms with Gasteiger partial charge in [0.25, 0.3) is 0 Å². The van der Waals surface area contributed by atoms with Gasteiger partial charge in [-0.2, -0.15) is 11.8 Å². The van der Waals surface area contributed by atoms with Crippen molar-refractivity contribution in [3.05, 3.63) is 35.4 Å². The van der Waals surface area contributed by atoms with E-state index in [1.807, 2.05) is 11.8 Å². The summed E-state index contributed by atoms with van der Waals surface area (Å²) in [6, 6.07) is 9.12. The van der Waals surface area contributed by atoms with Crippen LogP contribution in [0.1, 0.15) is 35.6 Å². The molecule has 1 heterocycles. The summed E-state index contributed by atoms with van der Waals surface area (Å²) in [4.78, 5) is 0. The molecule has 0 saturated carbocycles. The number of hydrogen-bond acceptors (Lipinski definition) is 2. The fourth-order valence-electron chi connectivity index (χ4n) is 3.42. The number of piperidine rings is 1. The maximum absolute atomic E-state index is 3.49. The average molecular weight is 233 g/mol. The predicted octanol–water partition coefficient (Wildman–Crippen LogP) is 3.12. The first-order valence-electron chi connectivity index (χ1n) is 6.19. The molecule has 0 amide bonds. The van der Waals surface area contributed by atoms with Crippen molar-refractivity contribution in [2.45, 2.75) is 29.9 Å². The molecule has 1 fully saturated rings. The zero-order valence-corrected chi connectivity index (χ0v) is 10.6. The van der Waals surface area contributed by atoms with Crippen LogP contribution in [0.4, 0.5) is 0 Å². The van der Waals surface area contributed by atoms with Crippen LogP contribution >= 0.6 is 11.8 Å². The average Bonchev–Trinajstić information content (AvgIpc) is 2.66. The zero-order chi connectivity index (χ0) is 11.0. The molecule has 16 heavy (non-hydrogen) atoms. The normalized spacial score (nSPS) is 26.9. The van der Waals surface area contributed by atoms with E-state index in [0.29, 0.717) is 5.41 Å². The van der Waals surface area contributed by atoms with Crippen LogP contribution in [0.25, 0.3) is 0 Å². The van der Waals surface area contributed by atoms with E-state index in [4.69, 9.17) is 0 Å². The Morgan fingerprint density at radius 3 is 2.75 bits per heavy atom. The fourth-order valence-corrected chi connectivity index (χ4v) is 4.37. The molecule has 0 radical (unpaired) electrons. The van der Waals surface area contributed by atoms with Gasteiger partial charge < -0.3 is 5.32 Å². The van der Waals surface area contributed by atoms with Crippen LogP contribution in [0.15, 0.2) is 24.3 Å². The van der Waals surface area contributed by atoms with E-state index in [9.17, 15) is 0 Å². The van der Waals surface area contributed by atoms with Crippen molar-refractivity contribution < 1.29 is 0 Å². The Bertz CT molecular complexity index is 382. The number of fused-ring (bicyclic) bond motifs is 2. The standard InChI is InChI=1S/C14H19NS/c1-16-13-10-14(6-8-15-9-7-14)12-5-3-2-4-11(12)13/h2-5,13,15H,6-10H2,1H3. The maximum Gasteiger partial charge on any atom is 0.0305 e. The number of rotatable bonds is 1. The van der Waals surface area contributed by atoms with Crippen molar-refractivity contribution in [2.75, 3.05) is 19.3 Å². The molecule has 1 unspecified atom stereocenters. The maximum atomic E-state index is 3.49. The molecule has 1 spiro atoms. The molecule has 1 aliphatic heterocycles. The topological polar surface area (TPSA) is 12.0 Å². The van der Waals surface area contributed by atoms with Crippen molar-refractivity contribution >= 4 is 11.8 Å².